The number of carbonyl (C=O) groups is 2. The number of hydrogen-bond donors (Lipinski definition) is 1. The number of imide groups is 1. The molecule has 1 aromatic carbocycles. The van der Waals surface area contributed by atoms with Gasteiger partial charge >= 0.3 is 0 Å². The van der Waals surface area contributed by atoms with E-state index in [1.807, 2.05) is 0 Å². The summed E-state index contributed by atoms with van der Waals surface area (Å²) in [6.07, 6.45) is 0. The molecular weight excluding hydrogens is 434 g/mol. The van der Waals surface area contributed by atoms with E-state index in [-0.39, 0.29) is 11.8 Å². The van der Waals surface area contributed by atoms with Crippen molar-refractivity contribution in [1.82, 2.24) is 5.32 Å². The lowest BCUT2D eigenvalue weighted by molar-refractivity contribution is -0.125. The van der Waals surface area contributed by atoms with Gasteiger partial charge in [-0.15, -0.1) is 0 Å². The second-order valence-corrected chi connectivity index (χ2v) is 6.44. The summed E-state index contributed by atoms with van der Waals surface area (Å²) in [4.78, 5) is 22.7. The maximum atomic E-state index is 11.8. The van der Waals surface area contributed by atoms with Crippen LogP contribution in [0, 0.1) is 0 Å². The van der Waals surface area contributed by atoms with Gasteiger partial charge in [0, 0.05) is 4.47 Å². The Morgan fingerprint density at radius 3 is 2.33 bits per heavy atom. The first-order valence-corrected chi connectivity index (χ1v) is 7.47. The number of nitrogens with one attached hydrogen (secondary N) is 1. The minimum Gasteiger partial charge on any atom is -0.496 e. The highest BCUT2D eigenvalue weighted by Gasteiger charge is 2.42. The molecule has 0 aromatic heterocycles. The van der Waals surface area contributed by atoms with Crippen molar-refractivity contribution < 1.29 is 14.3 Å². The van der Waals surface area contributed by atoms with Gasteiger partial charge < -0.3 is 4.74 Å². The molecular formula is C11H8Br3NO3. The summed E-state index contributed by atoms with van der Waals surface area (Å²) in [6, 6.07) is 3.54. The first-order chi connectivity index (χ1) is 8.45. The average Bonchev–Trinajstić information content (AvgIpc) is 2.55. The molecule has 18 heavy (non-hydrogen) atoms. The molecule has 4 nitrogen and oxygen atoms in total. The Hall–Kier alpha value is -0.400. The third-order valence-corrected chi connectivity index (χ3v) is 4.93. The van der Waals surface area contributed by atoms with E-state index in [1.165, 1.54) is 0 Å². The van der Waals surface area contributed by atoms with E-state index in [1.54, 1.807) is 19.2 Å². The van der Waals surface area contributed by atoms with Crippen LogP contribution in [0.25, 0.3) is 0 Å². The van der Waals surface area contributed by atoms with Crippen molar-refractivity contribution in [3.63, 3.8) is 0 Å². The Morgan fingerprint density at radius 2 is 1.83 bits per heavy atom. The molecule has 1 N–H and O–H groups in total. The Labute approximate surface area is 129 Å². The van der Waals surface area contributed by atoms with Crippen LogP contribution in [0.15, 0.2) is 21.1 Å². The first-order valence-electron chi connectivity index (χ1n) is 4.97. The van der Waals surface area contributed by atoms with E-state index in [0.29, 0.717) is 11.3 Å². The Kier molecular flexibility index (Phi) is 4.13. The molecule has 0 radical (unpaired) electrons. The molecule has 1 saturated heterocycles. The zero-order valence-electron chi connectivity index (χ0n) is 9.17. The van der Waals surface area contributed by atoms with Crippen molar-refractivity contribution in [3.05, 3.63) is 26.6 Å². The summed E-state index contributed by atoms with van der Waals surface area (Å²) in [7, 11) is 1.54. The normalized spacial score (nSPS) is 23.1. The summed E-state index contributed by atoms with van der Waals surface area (Å²) in [5, 5.41) is 2.30. The lowest BCUT2D eigenvalue weighted by atomic mass is 9.97. The lowest BCUT2D eigenvalue weighted by Gasteiger charge is -2.15. The van der Waals surface area contributed by atoms with Crippen molar-refractivity contribution in [1.29, 1.82) is 0 Å². The molecule has 1 aliphatic rings. The van der Waals surface area contributed by atoms with Gasteiger partial charge in [0.05, 0.1) is 17.5 Å². The minimum atomic E-state index is -0.563. The second kappa shape index (κ2) is 5.30. The van der Waals surface area contributed by atoms with Gasteiger partial charge in [-0.2, -0.15) is 0 Å². The molecule has 7 heteroatoms. The third-order valence-electron chi connectivity index (χ3n) is 2.68. The molecule has 0 aliphatic carbocycles. The van der Waals surface area contributed by atoms with Crippen LogP contribution in [-0.2, 0) is 9.59 Å². The molecule has 1 heterocycles. The van der Waals surface area contributed by atoms with Gasteiger partial charge in [-0.3, -0.25) is 14.9 Å². The molecule has 0 spiro atoms. The van der Waals surface area contributed by atoms with Gasteiger partial charge in [-0.05, 0) is 33.6 Å². The zero-order chi connectivity index (χ0) is 13.4. The Bertz CT molecular complexity index is 533. The van der Waals surface area contributed by atoms with Gasteiger partial charge in [0.1, 0.15) is 10.6 Å². The second-order valence-electron chi connectivity index (χ2n) is 3.74. The van der Waals surface area contributed by atoms with E-state index >= 15 is 0 Å². The van der Waals surface area contributed by atoms with E-state index < -0.39 is 10.7 Å². The van der Waals surface area contributed by atoms with Crippen LogP contribution in [0.4, 0.5) is 0 Å². The number of alkyl halides is 1. The highest BCUT2D eigenvalue weighted by molar-refractivity contribution is 9.11. The summed E-state index contributed by atoms with van der Waals surface area (Å²) in [5.41, 5.74) is 0.709. The fourth-order valence-corrected chi connectivity index (χ4v) is 3.83. The summed E-state index contributed by atoms with van der Waals surface area (Å²) < 4.78 is 6.72. The van der Waals surface area contributed by atoms with Gasteiger partial charge in [-0.25, -0.2) is 0 Å². The van der Waals surface area contributed by atoms with Gasteiger partial charge in [-0.1, -0.05) is 31.9 Å². The number of hydrogen-bond acceptors (Lipinski definition) is 3. The smallest absolute Gasteiger partial charge is 0.241 e. The van der Waals surface area contributed by atoms with E-state index in [2.05, 4.69) is 53.1 Å². The number of methoxy groups -OCH3 is 1. The summed E-state index contributed by atoms with van der Waals surface area (Å²) in [6.45, 7) is 0. The van der Waals surface area contributed by atoms with E-state index in [0.717, 1.165) is 8.95 Å². The minimum absolute atomic E-state index is 0.313. The van der Waals surface area contributed by atoms with E-state index in [4.69, 9.17) is 4.74 Å². The maximum absolute atomic E-state index is 11.8. The number of ether oxygens (including phenoxy) is 1. The SMILES string of the molecule is COc1cc(C2C(=O)NC(=O)C2Br)c(Br)cc1Br. The Balaban J connectivity index is 2.51. The van der Waals surface area contributed by atoms with Crippen LogP contribution < -0.4 is 10.1 Å². The standard InChI is InChI=1S/C11H8Br3NO3/c1-18-7-2-4(5(12)3-6(7)13)8-9(14)11(17)15-10(8)16/h2-3,8-9H,1H3,(H,15,16,17). The van der Waals surface area contributed by atoms with Crippen LogP contribution in [0.3, 0.4) is 0 Å². The van der Waals surface area contributed by atoms with Gasteiger partial charge in [0.2, 0.25) is 11.8 Å². The first kappa shape index (κ1) is 14.0. The molecule has 1 aromatic rings. The quantitative estimate of drug-likeness (QED) is 0.567. The molecule has 1 aliphatic heterocycles. The number of benzene rings is 1. The molecule has 2 amide bonds. The fourth-order valence-electron chi connectivity index (χ4n) is 1.79. The molecule has 2 unspecified atom stereocenters. The predicted molar refractivity (Wildman–Crippen MR) is 77.0 cm³/mol. The summed E-state index contributed by atoms with van der Waals surface area (Å²) >= 11 is 10.00. The average molecular weight is 442 g/mol. The molecule has 96 valence electrons. The number of amides is 2. The van der Waals surface area contributed by atoms with Crippen LogP contribution in [-0.4, -0.2) is 23.8 Å². The van der Waals surface area contributed by atoms with Crippen molar-refractivity contribution in [2.75, 3.05) is 7.11 Å². The topological polar surface area (TPSA) is 55.4 Å². The molecule has 2 rings (SSSR count). The number of halogens is 3. The predicted octanol–water partition coefficient (Wildman–Crippen LogP) is 2.72. The molecule has 0 saturated carbocycles. The lowest BCUT2D eigenvalue weighted by Crippen LogP contribution is -2.22. The van der Waals surface area contributed by atoms with Gasteiger partial charge in [0.15, 0.2) is 0 Å². The van der Waals surface area contributed by atoms with Crippen LogP contribution in [0.5, 0.6) is 5.75 Å². The third kappa shape index (κ3) is 2.35. The van der Waals surface area contributed by atoms with Crippen molar-refractivity contribution >= 4 is 59.6 Å². The molecule has 1 fully saturated rings. The highest BCUT2D eigenvalue weighted by atomic mass is 79.9. The number of rotatable bonds is 2. The monoisotopic (exact) mass is 439 g/mol. The fraction of sp³-hybridized carbons (Fsp3) is 0.273. The van der Waals surface area contributed by atoms with Crippen molar-refractivity contribution in [2.24, 2.45) is 0 Å². The van der Waals surface area contributed by atoms with E-state index in [9.17, 15) is 9.59 Å². The largest absolute Gasteiger partial charge is 0.496 e. The zero-order valence-corrected chi connectivity index (χ0v) is 13.9. The number of carbonyl (C=O) groups excluding carboxylic acids is 2. The summed E-state index contributed by atoms with van der Waals surface area (Å²) in [5.74, 6) is -0.584. The van der Waals surface area contributed by atoms with Crippen LogP contribution in [0.1, 0.15) is 11.5 Å². The molecule has 2 atom stereocenters. The van der Waals surface area contributed by atoms with Crippen LogP contribution >= 0.6 is 47.8 Å². The highest BCUT2D eigenvalue weighted by Crippen LogP contribution is 2.39. The molecule has 0 bridgehead atoms. The van der Waals surface area contributed by atoms with Crippen LogP contribution in [0.2, 0.25) is 0 Å². The van der Waals surface area contributed by atoms with Crippen molar-refractivity contribution in [3.8, 4) is 5.75 Å². The Morgan fingerprint density at radius 1 is 1.17 bits per heavy atom. The van der Waals surface area contributed by atoms with Crippen molar-refractivity contribution in [2.45, 2.75) is 10.7 Å². The maximum Gasteiger partial charge on any atom is 0.241 e. The van der Waals surface area contributed by atoms with Gasteiger partial charge in [0.25, 0.3) is 0 Å².